The maximum atomic E-state index is 12.1. The summed E-state index contributed by atoms with van der Waals surface area (Å²) in [7, 11) is 3.55. The predicted octanol–water partition coefficient (Wildman–Crippen LogP) is 1.96. The molecule has 0 saturated carbocycles. The van der Waals surface area contributed by atoms with Crippen molar-refractivity contribution in [2.75, 3.05) is 31.3 Å². The van der Waals surface area contributed by atoms with Crippen molar-refractivity contribution < 1.29 is 4.79 Å². The molecule has 1 unspecified atom stereocenters. The predicted molar refractivity (Wildman–Crippen MR) is 76.6 cm³/mol. The van der Waals surface area contributed by atoms with Gasteiger partial charge in [0.05, 0.1) is 11.4 Å². The Hall–Kier alpha value is -1.71. The highest BCUT2D eigenvalue weighted by molar-refractivity contribution is 5.86. The highest BCUT2D eigenvalue weighted by Gasteiger charge is 2.23. The Kier molecular flexibility index (Phi) is 5.01. The molecule has 0 aliphatic carbocycles. The van der Waals surface area contributed by atoms with Crippen LogP contribution in [0.2, 0.25) is 0 Å². The zero-order chi connectivity index (χ0) is 13.7. The normalized spacial score (nSPS) is 12.0. The lowest BCUT2D eigenvalue weighted by atomic mass is 10.1. The van der Waals surface area contributed by atoms with E-state index in [0.29, 0.717) is 5.69 Å². The molecule has 0 radical (unpaired) electrons. The summed E-state index contributed by atoms with van der Waals surface area (Å²) >= 11 is 0. The fraction of sp³-hybridized carbons (Fsp3) is 0.500. The van der Waals surface area contributed by atoms with Crippen molar-refractivity contribution in [2.45, 2.75) is 26.3 Å². The van der Waals surface area contributed by atoms with Crippen molar-refractivity contribution in [2.24, 2.45) is 0 Å². The van der Waals surface area contributed by atoms with Gasteiger partial charge >= 0.3 is 0 Å². The number of likely N-dealkylation sites (N-methyl/N-ethyl adjacent to an activating group) is 1. The third-order valence-electron chi connectivity index (χ3n) is 2.98. The number of nitrogens with two attached hydrogens (primary N) is 1. The Bertz CT molecular complexity index is 404. The van der Waals surface area contributed by atoms with Crippen LogP contribution >= 0.6 is 0 Å². The van der Waals surface area contributed by atoms with E-state index in [0.717, 1.165) is 18.7 Å². The van der Waals surface area contributed by atoms with Crippen LogP contribution in [0.25, 0.3) is 0 Å². The Morgan fingerprint density at radius 3 is 2.44 bits per heavy atom. The molecule has 18 heavy (non-hydrogen) atoms. The van der Waals surface area contributed by atoms with Crippen LogP contribution in [0.3, 0.4) is 0 Å². The zero-order valence-corrected chi connectivity index (χ0v) is 11.7. The lowest BCUT2D eigenvalue weighted by molar-refractivity contribution is -0.129. The van der Waals surface area contributed by atoms with Crippen LogP contribution < -0.4 is 10.6 Å². The molecular formula is C14H23N3O. The molecule has 0 aliphatic rings. The third-order valence-corrected chi connectivity index (χ3v) is 2.98. The van der Waals surface area contributed by atoms with Crippen LogP contribution in [0.15, 0.2) is 24.3 Å². The van der Waals surface area contributed by atoms with Gasteiger partial charge in [-0.1, -0.05) is 19.1 Å². The second-order valence-corrected chi connectivity index (χ2v) is 4.66. The summed E-state index contributed by atoms with van der Waals surface area (Å²) in [4.78, 5) is 15.8. The summed E-state index contributed by atoms with van der Waals surface area (Å²) in [6.07, 6.45) is 0.972. The molecule has 1 atom stereocenters. The number of para-hydroxylation sites is 2. The second-order valence-electron chi connectivity index (χ2n) is 4.66. The fourth-order valence-electron chi connectivity index (χ4n) is 2.02. The van der Waals surface area contributed by atoms with Gasteiger partial charge < -0.3 is 15.5 Å². The quantitative estimate of drug-likeness (QED) is 0.812. The molecule has 0 aromatic heterocycles. The highest BCUT2D eigenvalue weighted by atomic mass is 16.2. The number of carbonyl (C=O) groups excluding carboxylic acids is 1. The topological polar surface area (TPSA) is 49.6 Å². The Morgan fingerprint density at radius 1 is 1.33 bits per heavy atom. The molecule has 0 spiro atoms. The van der Waals surface area contributed by atoms with Crippen molar-refractivity contribution in [1.29, 1.82) is 0 Å². The van der Waals surface area contributed by atoms with Crippen molar-refractivity contribution in [3.63, 3.8) is 0 Å². The molecule has 0 aliphatic heterocycles. The molecule has 1 aromatic carbocycles. The van der Waals surface area contributed by atoms with Crippen molar-refractivity contribution >= 4 is 17.3 Å². The van der Waals surface area contributed by atoms with E-state index in [1.165, 1.54) is 0 Å². The molecule has 0 bridgehead atoms. The first-order valence-electron chi connectivity index (χ1n) is 6.31. The minimum atomic E-state index is -0.204. The lowest BCUT2D eigenvalue weighted by Gasteiger charge is -2.32. The number of rotatable bonds is 5. The maximum Gasteiger partial charge on any atom is 0.244 e. The van der Waals surface area contributed by atoms with Gasteiger partial charge in [0.25, 0.3) is 0 Å². The highest BCUT2D eigenvalue weighted by Crippen LogP contribution is 2.25. The van der Waals surface area contributed by atoms with Crippen molar-refractivity contribution in [1.82, 2.24) is 4.90 Å². The van der Waals surface area contributed by atoms with Gasteiger partial charge in [-0.05, 0) is 25.5 Å². The number of hydrogen-bond acceptors (Lipinski definition) is 3. The van der Waals surface area contributed by atoms with E-state index in [1.807, 2.05) is 31.2 Å². The fourth-order valence-corrected chi connectivity index (χ4v) is 2.02. The van der Waals surface area contributed by atoms with Gasteiger partial charge in [0.1, 0.15) is 6.04 Å². The molecule has 1 amide bonds. The molecule has 0 heterocycles. The summed E-state index contributed by atoms with van der Waals surface area (Å²) in [5, 5.41) is 0. The standard InChI is InChI=1S/C14H23N3O/c1-5-10-17(11(2)14(18)16(3)4)13-9-7-6-8-12(13)15/h6-9,11H,5,10,15H2,1-4H3. The van der Waals surface area contributed by atoms with Crippen LogP contribution in [-0.4, -0.2) is 37.5 Å². The Morgan fingerprint density at radius 2 is 1.94 bits per heavy atom. The molecule has 1 rings (SSSR count). The van der Waals surface area contributed by atoms with Crippen molar-refractivity contribution in [3.8, 4) is 0 Å². The Balaban J connectivity index is 3.03. The van der Waals surface area contributed by atoms with E-state index in [1.54, 1.807) is 19.0 Å². The summed E-state index contributed by atoms with van der Waals surface area (Å²) < 4.78 is 0. The van der Waals surface area contributed by atoms with Gasteiger partial charge in [0.2, 0.25) is 5.91 Å². The van der Waals surface area contributed by atoms with E-state index in [2.05, 4.69) is 11.8 Å². The summed E-state index contributed by atoms with van der Waals surface area (Å²) in [5.41, 5.74) is 7.64. The molecule has 2 N–H and O–H groups in total. The molecule has 0 fully saturated rings. The van der Waals surface area contributed by atoms with E-state index < -0.39 is 0 Å². The van der Waals surface area contributed by atoms with Crippen LogP contribution in [0.5, 0.6) is 0 Å². The number of hydrogen-bond donors (Lipinski definition) is 1. The average molecular weight is 249 g/mol. The van der Waals surface area contributed by atoms with Crippen LogP contribution in [0.1, 0.15) is 20.3 Å². The molecule has 4 heteroatoms. The number of benzene rings is 1. The van der Waals surface area contributed by atoms with Gasteiger partial charge in [-0.15, -0.1) is 0 Å². The minimum Gasteiger partial charge on any atom is -0.397 e. The van der Waals surface area contributed by atoms with Gasteiger partial charge in [-0.2, -0.15) is 0 Å². The van der Waals surface area contributed by atoms with E-state index in [-0.39, 0.29) is 11.9 Å². The number of amides is 1. The number of nitrogens with zero attached hydrogens (tertiary/aromatic N) is 2. The largest absolute Gasteiger partial charge is 0.397 e. The smallest absolute Gasteiger partial charge is 0.244 e. The van der Waals surface area contributed by atoms with E-state index in [9.17, 15) is 4.79 Å². The molecular weight excluding hydrogens is 226 g/mol. The van der Waals surface area contributed by atoms with Gasteiger partial charge in [-0.3, -0.25) is 4.79 Å². The molecule has 0 saturated heterocycles. The minimum absolute atomic E-state index is 0.0895. The zero-order valence-electron chi connectivity index (χ0n) is 11.7. The van der Waals surface area contributed by atoms with Gasteiger partial charge in [0.15, 0.2) is 0 Å². The monoisotopic (exact) mass is 249 g/mol. The van der Waals surface area contributed by atoms with Crippen LogP contribution in [-0.2, 0) is 4.79 Å². The van der Waals surface area contributed by atoms with Crippen LogP contribution in [0.4, 0.5) is 11.4 Å². The second kappa shape index (κ2) is 6.28. The first-order valence-corrected chi connectivity index (χ1v) is 6.31. The molecule has 100 valence electrons. The van der Waals surface area contributed by atoms with Gasteiger partial charge in [-0.25, -0.2) is 0 Å². The van der Waals surface area contributed by atoms with Crippen LogP contribution in [0, 0.1) is 0 Å². The first-order chi connectivity index (χ1) is 8.49. The summed E-state index contributed by atoms with van der Waals surface area (Å²) in [6.45, 7) is 4.83. The molecule has 1 aromatic rings. The molecule has 4 nitrogen and oxygen atoms in total. The average Bonchev–Trinajstić information content (AvgIpc) is 2.35. The third kappa shape index (κ3) is 3.15. The maximum absolute atomic E-state index is 12.1. The van der Waals surface area contributed by atoms with E-state index in [4.69, 9.17) is 5.73 Å². The SMILES string of the molecule is CCCN(c1ccccc1N)C(C)C(=O)N(C)C. The number of anilines is 2. The number of carbonyl (C=O) groups is 1. The van der Waals surface area contributed by atoms with E-state index >= 15 is 0 Å². The lowest BCUT2D eigenvalue weighted by Crippen LogP contribution is -2.45. The van der Waals surface area contributed by atoms with Crippen molar-refractivity contribution in [3.05, 3.63) is 24.3 Å². The van der Waals surface area contributed by atoms with Gasteiger partial charge in [0, 0.05) is 20.6 Å². The summed E-state index contributed by atoms with van der Waals surface area (Å²) in [6, 6.07) is 7.47. The Labute approximate surface area is 109 Å². The first kappa shape index (κ1) is 14.4. The number of nitrogen functional groups attached to an aromatic ring is 1. The summed E-state index contributed by atoms with van der Waals surface area (Å²) in [5.74, 6) is 0.0895.